The molecule has 0 bridgehead atoms. The van der Waals surface area contributed by atoms with E-state index in [1.54, 1.807) is 0 Å². The van der Waals surface area contributed by atoms with Gasteiger partial charge < -0.3 is 10.6 Å². The van der Waals surface area contributed by atoms with Gasteiger partial charge in [-0.1, -0.05) is 17.7 Å². The van der Waals surface area contributed by atoms with Gasteiger partial charge in [-0.05, 0) is 45.7 Å². The lowest BCUT2D eigenvalue weighted by molar-refractivity contribution is 0.731. The quantitative estimate of drug-likeness (QED) is 0.826. The summed E-state index contributed by atoms with van der Waals surface area (Å²) in [5, 5.41) is 0. The fraction of sp³-hybridized carbons (Fsp3) is 0.571. The number of nitrogens with zero attached hydrogens (tertiary/aromatic N) is 1. The third-order valence-electron chi connectivity index (χ3n) is 2.88. The van der Waals surface area contributed by atoms with Crippen LogP contribution < -0.4 is 10.6 Å². The topological polar surface area (TPSA) is 29.3 Å². The van der Waals surface area contributed by atoms with Crippen LogP contribution in [-0.2, 0) is 6.42 Å². The Morgan fingerprint density at radius 1 is 1.25 bits per heavy atom. The van der Waals surface area contributed by atoms with Gasteiger partial charge in [0.15, 0.2) is 0 Å². The van der Waals surface area contributed by atoms with Crippen molar-refractivity contribution < 1.29 is 0 Å². The lowest BCUT2D eigenvalue weighted by Gasteiger charge is -2.25. The first kappa shape index (κ1) is 13.0. The van der Waals surface area contributed by atoms with Crippen LogP contribution in [0.4, 0.5) is 5.69 Å². The Labute approximate surface area is 99.5 Å². The molecule has 0 amide bonds. The second kappa shape index (κ2) is 5.90. The van der Waals surface area contributed by atoms with Crippen LogP contribution in [0.15, 0.2) is 18.2 Å². The molecule has 2 heteroatoms. The van der Waals surface area contributed by atoms with Gasteiger partial charge in [0.05, 0.1) is 0 Å². The van der Waals surface area contributed by atoms with Crippen LogP contribution in [0.3, 0.4) is 0 Å². The molecule has 0 saturated heterocycles. The summed E-state index contributed by atoms with van der Waals surface area (Å²) in [6, 6.07) is 6.88. The highest BCUT2D eigenvalue weighted by atomic mass is 15.1. The van der Waals surface area contributed by atoms with Crippen molar-refractivity contribution in [1.82, 2.24) is 0 Å². The van der Waals surface area contributed by atoms with E-state index in [4.69, 9.17) is 5.73 Å². The van der Waals surface area contributed by atoms with E-state index in [2.05, 4.69) is 50.8 Å². The van der Waals surface area contributed by atoms with Gasteiger partial charge in [-0.15, -0.1) is 0 Å². The first-order valence-corrected chi connectivity index (χ1v) is 6.18. The van der Waals surface area contributed by atoms with Crippen molar-refractivity contribution in [3.63, 3.8) is 0 Å². The van der Waals surface area contributed by atoms with Crippen LogP contribution in [0.5, 0.6) is 0 Å². The highest BCUT2D eigenvalue weighted by Crippen LogP contribution is 2.23. The van der Waals surface area contributed by atoms with Crippen LogP contribution >= 0.6 is 0 Å². The summed E-state index contributed by atoms with van der Waals surface area (Å²) in [5.41, 5.74) is 9.93. The second-order valence-corrected chi connectivity index (χ2v) is 4.49. The maximum Gasteiger partial charge on any atom is 0.0399 e. The molecule has 0 saturated carbocycles. The van der Waals surface area contributed by atoms with Crippen LogP contribution in [0.1, 0.15) is 31.9 Å². The number of rotatable bonds is 5. The predicted molar refractivity (Wildman–Crippen MR) is 72.1 cm³/mol. The molecule has 2 nitrogen and oxygen atoms in total. The molecule has 0 aliphatic heterocycles. The summed E-state index contributed by atoms with van der Waals surface area (Å²) >= 11 is 0. The minimum absolute atomic E-state index is 0.219. The average molecular weight is 220 g/mol. The van der Waals surface area contributed by atoms with Crippen LogP contribution in [0, 0.1) is 6.92 Å². The number of anilines is 1. The van der Waals surface area contributed by atoms with Crippen molar-refractivity contribution in [2.45, 2.75) is 40.2 Å². The first-order valence-electron chi connectivity index (χ1n) is 6.18. The Bertz CT molecular complexity index is 328. The summed E-state index contributed by atoms with van der Waals surface area (Å²) in [6.45, 7) is 10.7. The molecule has 0 spiro atoms. The molecule has 0 aliphatic carbocycles. The highest BCUT2D eigenvalue weighted by Gasteiger charge is 2.09. The Morgan fingerprint density at radius 3 is 2.38 bits per heavy atom. The minimum Gasteiger partial charge on any atom is -0.372 e. The van der Waals surface area contributed by atoms with Gasteiger partial charge in [-0.2, -0.15) is 0 Å². The molecule has 1 rings (SSSR count). The molecule has 1 aromatic carbocycles. The van der Waals surface area contributed by atoms with Gasteiger partial charge in [0.2, 0.25) is 0 Å². The van der Waals surface area contributed by atoms with Crippen molar-refractivity contribution in [3.05, 3.63) is 29.3 Å². The Kier molecular flexibility index (Phi) is 4.81. The number of hydrogen-bond acceptors (Lipinski definition) is 2. The molecule has 2 N–H and O–H groups in total. The molecule has 0 heterocycles. The predicted octanol–water partition coefficient (Wildman–Crippen LogP) is 2.73. The highest BCUT2D eigenvalue weighted by molar-refractivity contribution is 5.55. The second-order valence-electron chi connectivity index (χ2n) is 4.49. The molecule has 0 radical (unpaired) electrons. The standard InChI is InChI=1S/C14H24N2/c1-5-16(6-2)14-8-7-11(3)9-13(14)10-12(4)15/h7-9,12H,5-6,10,15H2,1-4H3. The maximum atomic E-state index is 5.91. The van der Waals surface area contributed by atoms with E-state index in [9.17, 15) is 0 Å². The third-order valence-corrected chi connectivity index (χ3v) is 2.88. The zero-order chi connectivity index (χ0) is 12.1. The summed E-state index contributed by atoms with van der Waals surface area (Å²) in [7, 11) is 0. The Morgan fingerprint density at radius 2 is 1.88 bits per heavy atom. The van der Waals surface area contributed by atoms with Gasteiger partial charge in [0.1, 0.15) is 0 Å². The summed E-state index contributed by atoms with van der Waals surface area (Å²) in [6.07, 6.45) is 0.952. The molecular formula is C14H24N2. The van der Waals surface area contributed by atoms with Gasteiger partial charge in [-0.25, -0.2) is 0 Å². The molecular weight excluding hydrogens is 196 g/mol. The Hall–Kier alpha value is -1.02. The van der Waals surface area contributed by atoms with Crippen molar-refractivity contribution in [2.75, 3.05) is 18.0 Å². The van der Waals surface area contributed by atoms with E-state index in [1.165, 1.54) is 16.8 Å². The normalized spacial score (nSPS) is 12.6. The zero-order valence-corrected chi connectivity index (χ0v) is 11.0. The summed E-state index contributed by atoms with van der Waals surface area (Å²) < 4.78 is 0. The molecule has 16 heavy (non-hydrogen) atoms. The van der Waals surface area contributed by atoms with Crippen molar-refractivity contribution in [2.24, 2.45) is 5.73 Å². The molecule has 1 unspecified atom stereocenters. The van der Waals surface area contributed by atoms with Crippen LogP contribution in [-0.4, -0.2) is 19.1 Å². The molecule has 0 aliphatic rings. The lowest BCUT2D eigenvalue weighted by atomic mass is 10.0. The lowest BCUT2D eigenvalue weighted by Crippen LogP contribution is -2.25. The number of aryl methyl sites for hydroxylation is 1. The molecule has 1 atom stereocenters. The van der Waals surface area contributed by atoms with Gasteiger partial charge in [0.25, 0.3) is 0 Å². The number of hydrogen-bond donors (Lipinski definition) is 1. The Balaban J connectivity index is 3.05. The van der Waals surface area contributed by atoms with Crippen LogP contribution in [0.25, 0.3) is 0 Å². The van der Waals surface area contributed by atoms with E-state index >= 15 is 0 Å². The average Bonchev–Trinajstić information content (AvgIpc) is 2.21. The van der Waals surface area contributed by atoms with E-state index in [0.717, 1.165) is 19.5 Å². The minimum atomic E-state index is 0.219. The fourth-order valence-corrected chi connectivity index (χ4v) is 2.10. The van der Waals surface area contributed by atoms with Gasteiger partial charge in [0, 0.05) is 24.8 Å². The van der Waals surface area contributed by atoms with Crippen molar-refractivity contribution >= 4 is 5.69 Å². The monoisotopic (exact) mass is 220 g/mol. The van der Waals surface area contributed by atoms with Gasteiger partial charge in [-0.3, -0.25) is 0 Å². The molecule has 0 fully saturated rings. The number of nitrogens with two attached hydrogens (primary N) is 1. The van der Waals surface area contributed by atoms with Gasteiger partial charge >= 0.3 is 0 Å². The smallest absolute Gasteiger partial charge is 0.0399 e. The SMILES string of the molecule is CCN(CC)c1ccc(C)cc1CC(C)N. The van der Waals surface area contributed by atoms with Crippen molar-refractivity contribution in [1.29, 1.82) is 0 Å². The molecule has 90 valence electrons. The van der Waals surface area contributed by atoms with E-state index < -0.39 is 0 Å². The fourth-order valence-electron chi connectivity index (χ4n) is 2.10. The van der Waals surface area contributed by atoms with E-state index in [1.807, 2.05) is 0 Å². The first-order chi connectivity index (χ1) is 7.58. The number of benzene rings is 1. The van der Waals surface area contributed by atoms with Crippen molar-refractivity contribution in [3.8, 4) is 0 Å². The molecule has 0 aromatic heterocycles. The zero-order valence-electron chi connectivity index (χ0n) is 11.0. The largest absolute Gasteiger partial charge is 0.372 e. The van der Waals surface area contributed by atoms with Crippen LogP contribution in [0.2, 0.25) is 0 Å². The molecule has 1 aromatic rings. The maximum absolute atomic E-state index is 5.91. The third kappa shape index (κ3) is 3.24. The summed E-state index contributed by atoms with van der Waals surface area (Å²) in [4.78, 5) is 2.39. The van der Waals surface area contributed by atoms with E-state index in [0.29, 0.717) is 0 Å². The summed E-state index contributed by atoms with van der Waals surface area (Å²) in [5.74, 6) is 0. The van der Waals surface area contributed by atoms with E-state index in [-0.39, 0.29) is 6.04 Å².